The monoisotopic (exact) mass is 498 g/mol. The van der Waals surface area contributed by atoms with Crippen molar-refractivity contribution in [2.24, 2.45) is 46.3 Å². The average Bonchev–Trinajstić information content (AvgIpc) is 3.25. The van der Waals surface area contributed by atoms with Gasteiger partial charge in [0.15, 0.2) is 12.2 Å². The zero-order valence-electron chi connectivity index (χ0n) is 24.4. The molecule has 37 heavy (non-hydrogen) atoms. The standard InChI is InChI=1S/C36H52N/c1-25(2)10-8-11-26(3)31-17-18-32-30-16-15-28-24-29(37-23-9-13-27-12-6-7-14-34(27)37)19-21-35(28,4)33(30)20-22-36(31,32)5/h6-7,9,12-15,23,25-26,29-33H,8,10-11,16-22,24H2,1-5H3/q+1/t26-,29+,30-,31+,32-,33-,35-,36+/m0/s1. The number of para-hydroxylation sites is 1. The third kappa shape index (κ3) is 4.31. The highest BCUT2D eigenvalue weighted by atomic mass is 15.0. The summed E-state index contributed by atoms with van der Waals surface area (Å²) < 4.78 is 2.60. The van der Waals surface area contributed by atoms with Crippen LogP contribution in [0.2, 0.25) is 0 Å². The van der Waals surface area contributed by atoms with Gasteiger partial charge >= 0.3 is 0 Å². The van der Waals surface area contributed by atoms with Crippen molar-refractivity contribution in [2.75, 3.05) is 0 Å². The fourth-order valence-corrected chi connectivity index (χ4v) is 10.4. The topological polar surface area (TPSA) is 3.88 Å². The number of nitrogens with zero attached hydrogens (tertiary/aromatic N) is 1. The number of benzene rings is 1. The van der Waals surface area contributed by atoms with E-state index in [1.54, 1.807) is 0 Å². The van der Waals surface area contributed by atoms with Crippen molar-refractivity contribution in [2.45, 2.75) is 111 Å². The summed E-state index contributed by atoms with van der Waals surface area (Å²) in [5.74, 6) is 5.53. The summed E-state index contributed by atoms with van der Waals surface area (Å²) in [6.07, 6.45) is 20.7. The highest BCUT2D eigenvalue weighted by Gasteiger charge is 2.59. The Morgan fingerprint density at radius 3 is 2.54 bits per heavy atom. The van der Waals surface area contributed by atoms with Crippen LogP contribution < -0.4 is 4.57 Å². The zero-order valence-corrected chi connectivity index (χ0v) is 24.4. The van der Waals surface area contributed by atoms with E-state index in [4.69, 9.17) is 0 Å². The first kappa shape index (κ1) is 25.6. The van der Waals surface area contributed by atoms with E-state index in [0.717, 1.165) is 35.5 Å². The summed E-state index contributed by atoms with van der Waals surface area (Å²) >= 11 is 0. The lowest BCUT2D eigenvalue weighted by Crippen LogP contribution is -2.52. The Morgan fingerprint density at radius 1 is 0.892 bits per heavy atom. The van der Waals surface area contributed by atoms with Gasteiger partial charge in [0.1, 0.15) is 0 Å². The van der Waals surface area contributed by atoms with E-state index in [-0.39, 0.29) is 0 Å². The Balaban J connectivity index is 1.20. The van der Waals surface area contributed by atoms with Gasteiger partial charge in [-0.15, -0.1) is 0 Å². The van der Waals surface area contributed by atoms with Crippen LogP contribution in [0.5, 0.6) is 0 Å². The van der Waals surface area contributed by atoms with E-state index >= 15 is 0 Å². The van der Waals surface area contributed by atoms with Crippen molar-refractivity contribution in [3.63, 3.8) is 0 Å². The molecule has 3 fully saturated rings. The Bertz CT molecular complexity index is 1140. The number of pyridine rings is 1. The molecule has 1 aromatic heterocycles. The van der Waals surface area contributed by atoms with Crippen molar-refractivity contribution >= 4 is 10.9 Å². The SMILES string of the molecule is CC(C)CCC[C@H](C)[C@H]1CC[C@H]2[C@@H]3CC=C4C[C@H]([n+]5cccc6ccccc65)CC[C@]4(C)[C@H]3CC[C@]12C. The first-order chi connectivity index (χ1) is 17.8. The second kappa shape index (κ2) is 9.84. The molecular weight excluding hydrogens is 446 g/mol. The second-order valence-corrected chi connectivity index (χ2v) is 14.7. The van der Waals surface area contributed by atoms with Crippen molar-refractivity contribution in [3.8, 4) is 0 Å². The molecule has 0 amide bonds. The van der Waals surface area contributed by atoms with Crippen LogP contribution in [0.1, 0.15) is 111 Å². The fraction of sp³-hybridized carbons (Fsp3) is 0.694. The molecule has 0 bridgehead atoms. The molecule has 8 atom stereocenters. The number of hydrogen-bond donors (Lipinski definition) is 0. The summed E-state index contributed by atoms with van der Waals surface area (Å²) in [5, 5.41) is 1.37. The van der Waals surface area contributed by atoms with Crippen LogP contribution in [-0.2, 0) is 0 Å². The van der Waals surface area contributed by atoms with Crippen molar-refractivity contribution in [3.05, 3.63) is 54.2 Å². The van der Waals surface area contributed by atoms with Gasteiger partial charge in [-0.05, 0) is 97.0 Å². The lowest BCUT2D eigenvalue weighted by atomic mass is 9.47. The maximum atomic E-state index is 2.77. The van der Waals surface area contributed by atoms with Gasteiger partial charge in [-0.3, -0.25) is 0 Å². The van der Waals surface area contributed by atoms with Crippen LogP contribution in [0.25, 0.3) is 10.9 Å². The Labute approximate surface area is 227 Å². The second-order valence-electron chi connectivity index (χ2n) is 14.7. The molecule has 0 N–H and O–H groups in total. The third-order valence-corrected chi connectivity index (χ3v) is 12.4. The zero-order chi connectivity index (χ0) is 25.8. The maximum Gasteiger partial charge on any atom is 0.212 e. The largest absolute Gasteiger partial charge is 0.212 e. The van der Waals surface area contributed by atoms with E-state index in [1.165, 1.54) is 81.5 Å². The summed E-state index contributed by atoms with van der Waals surface area (Å²) in [5.41, 5.74) is 4.25. The summed E-state index contributed by atoms with van der Waals surface area (Å²) in [6.45, 7) is 12.8. The van der Waals surface area contributed by atoms with E-state index in [2.05, 4.69) is 87.9 Å². The highest BCUT2D eigenvalue weighted by Crippen LogP contribution is 2.67. The average molecular weight is 499 g/mol. The molecule has 1 aromatic carbocycles. The Kier molecular flexibility index (Phi) is 6.82. The normalized spacial score (nSPS) is 38.1. The molecule has 1 heterocycles. The van der Waals surface area contributed by atoms with Gasteiger partial charge in [0.05, 0.1) is 0 Å². The van der Waals surface area contributed by atoms with Crippen LogP contribution in [0.4, 0.5) is 0 Å². The van der Waals surface area contributed by atoms with Crippen LogP contribution in [0.15, 0.2) is 54.2 Å². The van der Waals surface area contributed by atoms with Crippen LogP contribution >= 0.6 is 0 Å². The lowest BCUT2D eigenvalue weighted by molar-refractivity contribution is -0.700. The minimum Gasteiger partial charge on any atom is -0.195 e. The minimum absolute atomic E-state index is 0.437. The van der Waals surface area contributed by atoms with Crippen LogP contribution in [-0.4, -0.2) is 0 Å². The van der Waals surface area contributed by atoms with Gasteiger partial charge < -0.3 is 0 Å². The quantitative estimate of drug-likeness (QED) is 0.276. The number of fused-ring (bicyclic) bond motifs is 6. The molecule has 4 aliphatic rings. The number of allylic oxidation sites excluding steroid dienone is 2. The molecule has 200 valence electrons. The molecule has 0 spiro atoms. The summed E-state index contributed by atoms with van der Waals surface area (Å²) in [4.78, 5) is 0. The first-order valence-electron chi connectivity index (χ1n) is 15.9. The van der Waals surface area contributed by atoms with Gasteiger partial charge in [0.2, 0.25) is 5.52 Å². The molecule has 3 saturated carbocycles. The highest BCUT2D eigenvalue weighted by molar-refractivity contribution is 5.75. The Hall–Kier alpha value is -1.63. The van der Waals surface area contributed by atoms with E-state index < -0.39 is 0 Å². The van der Waals surface area contributed by atoms with Crippen molar-refractivity contribution in [1.29, 1.82) is 0 Å². The third-order valence-electron chi connectivity index (χ3n) is 12.4. The molecular formula is C36H52N+. The molecule has 0 saturated heterocycles. The van der Waals surface area contributed by atoms with Crippen molar-refractivity contribution in [1.82, 2.24) is 0 Å². The fourth-order valence-electron chi connectivity index (χ4n) is 10.4. The molecule has 2 aromatic rings. The lowest BCUT2D eigenvalue weighted by Gasteiger charge is -2.58. The summed E-state index contributed by atoms with van der Waals surface area (Å²) in [6, 6.07) is 14.1. The predicted octanol–water partition coefficient (Wildman–Crippen LogP) is 9.71. The predicted molar refractivity (Wildman–Crippen MR) is 156 cm³/mol. The molecule has 1 nitrogen and oxygen atoms in total. The van der Waals surface area contributed by atoms with Gasteiger partial charge in [-0.25, -0.2) is 0 Å². The van der Waals surface area contributed by atoms with Gasteiger partial charge in [0, 0.05) is 30.4 Å². The number of aromatic nitrogens is 1. The van der Waals surface area contributed by atoms with Crippen LogP contribution in [0, 0.1) is 46.3 Å². The molecule has 0 aliphatic heterocycles. The van der Waals surface area contributed by atoms with E-state index in [1.807, 2.05) is 5.57 Å². The molecule has 4 aliphatic carbocycles. The number of rotatable bonds is 6. The number of hydrogen-bond acceptors (Lipinski definition) is 0. The van der Waals surface area contributed by atoms with Gasteiger partial charge in [-0.1, -0.05) is 77.7 Å². The molecule has 6 rings (SSSR count). The van der Waals surface area contributed by atoms with E-state index in [9.17, 15) is 0 Å². The van der Waals surface area contributed by atoms with Crippen molar-refractivity contribution < 1.29 is 4.57 Å². The van der Waals surface area contributed by atoms with Crippen LogP contribution in [0.3, 0.4) is 0 Å². The first-order valence-corrected chi connectivity index (χ1v) is 15.9. The smallest absolute Gasteiger partial charge is 0.195 e. The molecule has 0 radical (unpaired) electrons. The van der Waals surface area contributed by atoms with Gasteiger partial charge in [-0.2, -0.15) is 4.57 Å². The molecule has 1 heteroatoms. The van der Waals surface area contributed by atoms with Gasteiger partial charge in [0.25, 0.3) is 0 Å². The molecule has 0 unspecified atom stereocenters. The van der Waals surface area contributed by atoms with E-state index in [0.29, 0.717) is 16.9 Å². The summed E-state index contributed by atoms with van der Waals surface area (Å²) in [7, 11) is 0. The Morgan fingerprint density at radius 2 is 1.70 bits per heavy atom. The maximum absolute atomic E-state index is 2.77. The minimum atomic E-state index is 0.437.